The van der Waals surface area contributed by atoms with Gasteiger partial charge in [-0.25, -0.2) is 0 Å². The van der Waals surface area contributed by atoms with E-state index in [0.717, 1.165) is 24.2 Å². The molecule has 2 aromatic carbocycles. The molecule has 0 bridgehead atoms. The molecule has 3 aromatic rings. The number of benzene rings is 2. The van der Waals surface area contributed by atoms with Gasteiger partial charge in [0.15, 0.2) is 11.5 Å². The summed E-state index contributed by atoms with van der Waals surface area (Å²) in [5.74, 6) is 2.84. The fourth-order valence-corrected chi connectivity index (χ4v) is 3.80. The van der Waals surface area contributed by atoms with Crippen molar-refractivity contribution >= 4 is 5.91 Å². The number of carbonyl (C=O) groups is 1. The number of nitrogens with zero attached hydrogens (tertiary/aromatic N) is 3. The fraction of sp³-hybridized carbons (Fsp3) is 0.348. The molecule has 1 aliphatic rings. The molecule has 1 atom stereocenters. The lowest BCUT2D eigenvalue weighted by atomic mass is 9.97. The minimum absolute atomic E-state index is 0.00954. The van der Waals surface area contributed by atoms with Gasteiger partial charge in [0, 0.05) is 24.2 Å². The van der Waals surface area contributed by atoms with Crippen molar-refractivity contribution in [1.29, 1.82) is 0 Å². The van der Waals surface area contributed by atoms with Crippen molar-refractivity contribution in [2.24, 2.45) is 0 Å². The molecule has 1 aliphatic heterocycles. The van der Waals surface area contributed by atoms with Gasteiger partial charge in [-0.05, 0) is 43.2 Å². The summed E-state index contributed by atoms with van der Waals surface area (Å²) in [5, 5.41) is 4.13. The highest BCUT2D eigenvalue weighted by Crippen LogP contribution is 2.31. The third-order valence-electron chi connectivity index (χ3n) is 5.46. The molecule has 0 aliphatic carbocycles. The number of amides is 1. The summed E-state index contributed by atoms with van der Waals surface area (Å²) in [6, 6.07) is 12.7. The first kappa shape index (κ1) is 20.7. The van der Waals surface area contributed by atoms with Crippen LogP contribution in [-0.4, -0.2) is 55.4 Å². The van der Waals surface area contributed by atoms with Crippen molar-refractivity contribution in [3.63, 3.8) is 0 Å². The molecule has 0 saturated carbocycles. The lowest BCUT2D eigenvalue weighted by Gasteiger charge is -2.31. The Hall–Kier alpha value is -3.55. The normalized spacial score (nSPS) is 16.1. The highest BCUT2D eigenvalue weighted by molar-refractivity contribution is 5.95. The molecule has 1 amide bonds. The molecule has 31 heavy (non-hydrogen) atoms. The van der Waals surface area contributed by atoms with Crippen LogP contribution in [-0.2, 0) is 0 Å². The molecule has 1 aromatic heterocycles. The SMILES string of the molecule is COc1cccc(-c2noc(C3CCCN(C(=O)c4ccc(OC)c(OC)c4)C3)n2)c1. The summed E-state index contributed by atoms with van der Waals surface area (Å²) in [6.45, 7) is 1.20. The van der Waals surface area contributed by atoms with Crippen LogP contribution in [0.15, 0.2) is 47.0 Å². The quantitative estimate of drug-likeness (QED) is 0.596. The van der Waals surface area contributed by atoms with Crippen LogP contribution in [0.4, 0.5) is 0 Å². The van der Waals surface area contributed by atoms with Gasteiger partial charge in [-0.3, -0.25) is 4.79 Å². The van der Waals surface area contributed by atoms with E-state index >= 15 is 0 Å². The maximum atomic E-state index is 13.1. The van der Waals surface area contributed by atoms with E-state index in [1.54, 1.807) is 39.5 Å². The molecular weight excluding hydrogens is 398 g/mol. The van der Waals surface area contributed by atoms with Crippen LogP contribution >= 0.6 is 0 Å². The Morgan fingerprint density at radius 1 is 1.06 bits per heavy atom. The zero-order valence-corrected chi connectivity index (χ0v) is 17.8. The predicted molar refractivity (Wildman–Crippen MR) is 114 cm³/mol. The van der Waals surface area contributed by atoms with Gasteiger partial charge < -0.3 is 23.6 Å². The van der Waals surface area contributed by atoms with E-state index in [9.17, 15) is 4.79 Å². The molecule has 8 nitrogen and oxygen atoms in total. The van der Waals surface area contributed by atoms with Crippen LogP contribution in [0.5, 0.6) is 17.2 Å². The van der Waals surface area contributed by atoms with E-state index in [0.29, 0.717) is 41.9 Å². The third-order valence-corrected chi connectivity index (χ3v) is 5.46. The van der Waals surface area contributed by atoms with Crippen molar-refractivity contribution in [3.8, 4) is 28.6 Å². The average Bonchev–Trinajstić information content (AvgIpc) is 3.33. The molecular formula is C23H25N3O5. The number of hydrogen-bond donors (Lipinski definition) is 0. The lowest BCUT2D eigenvalue weighted by Crippen LogP contribution is -2.39. The molecule has 1 saturated heterocycles. The summed E-state index contributed by atoms with van der Waals surface area (Å²) in [7, 11) is 4.74. The fourth-order valence-electron chi connectivity index (χ4n) is 3.80. The number of ether oxygens (including phenoxy) is 3. The molecule has 0 spiro atoms. The average molecular weight is 423 g/mol. The second-order valence-corrected chi connectivity index (χ2v) is 7.35. The second-order valence-electron chi connectivity index (χ2n) is 7.35. The minimum Gasteiger partial charge on any atom is -0.497 e. The highest BCUT2D eigenvalue weighted by Gasteiger charge is 2.29. The summed E-state index contributed by atoms with van der Waals surface area (Å²) < 4.78 is 21.4. The van der Waals surface area contributed by atoms with E-state index in [-0.39, 0.29) is 11.8 Å². The Kier molecular flexibility index (Phi) is 6.06. The van der Waals surface area contributed by atoms with Gasteiger partial charge in [-0.15, -0.1) is 0 Å². The van der Waals surface area contributed by atoms with E-state index in [4.69, 9.17) is 18.7 Å². The minimum atomic E-state index is -0.0572. The van der Waals surface area contributed by atoms with Crippen LogP contribution in [0, 0.1) is 0 Å². The molecule has 2 heterocycles. The van der Waals surface area contributed by atoms with Gasteiger partial charge in [-0.2, -0.15) is 4.98 Å². The number of rotatable bonds is 6. The molecule has 4 rings (SSSR count). The van der Waals surface area contributed by atoms with Gasteiger partial charge in [-0.1, -0.05) is 17.3 Å². The van der Waals surface area contributed by atoms with Crippen molar-refractivity contribution in [2.45, 2.75) is 18.8 Å². The van der Waals surface area contributed by atoms with Crippen molar-refractivity contribution in [1.82, 2.24) is 15.0 Å². The van der Waals surface area contributed by atoms with E-state index in [2.05, 4.69) is 10.1 Å². The maximum Gasteiger partial charge on any atom is 0.254 e. The standard InChI is InChI=1S/C23H25N3O5/c1-28-18-8-4-6-15(12-18)21-24-22(31-25-21)17-7-5-11-26(14-17)23(27)16-9-10-19(29-2)20(13-16)30-3/h4,6,8-10,12-13,17H,5,7,11,14H2,1-3H3. The Bertz CT molecular complexity index is 1060. The van der Waals surface area contributed by atoms with Crippen molar-refractivity contribution < 1.29 is 23.5 Å². The highest BCUT2D eigenvalue weighted by atomic mass is 16.5. The summed E-state index contributed by atoms with van der Waals surface area (Å²) in [4.78, 5) is 19.5. The monoisotopic (exact) mass is 423 g/mol. The Balaban J connectivity index is 1.50. The first-order valence-electron chi connectivity index (χ1n) is 10.1. The van der Waals surface area contributed by atoms with Crippen LogP contribution in [0.25, 0.3) is 11.4 Å². The van der Waals surface area contributed by atoms with Gasteiger partial charge in [0.05, 0.1) is 27.2 Å². The Morgan fingerprint density at radius 3 is 2.68 bits per heavy atom. The first-order valence-corrected chi connectivity index (χ1v) is 10.1. The number of hydrogen-bond acceptors (Lipinski definition) is 7. The molecule has 1 fully saturated rings. The molecule has 162 valence electrons. The zero-order valence-electron chi connectivity index (χ0n) is 17.8. The zero-order chi connectivity index (χ0) is 21.8. The second kappa shape index (κ2) is 9.07. The Morgan fingerprint density at radius 2 is 1.90 bits per heavy atom. The molecule has 0 N–H and O–H groups in total. The third kappa shape index (κ3) is 4.33. The number of likely N-dealkylation sites (tertiary alicyclic amines) is 1. The van der Waals surface area contributed by atoms with Crippen LogP contribution in [0.2, 0.25) is 0 Å². The summed E-state index contributed by atoms with van der Waals surface area (Å²) in [5.41, 5.74) is 1.38. The van der Waals surface area contributed by atoms with Gasteiger partial charge in [0.25, 0.3) is 5.91 Å². The topological polar surface area (TPSA) is 86.9 Å². The number of methoxy groups -OCH3 is 3. The van der Waals surface area contributed by atoms with Crippen LogP contribution in [0.1, 0.15) is 35.0 Å². The molecule has 8 heteroatoms. The van der Waals surface area contributed by atoms with Crippen LogP contribution in [0.3, 0.4) is 0 Å². The molecule has 1 unspecified atom stereocenters. The van der Waals surface area contributed by atoms with Gasteiger partial charge in [0.1, 0.15) is 5.75 Å². The summed E-state index contributed by atoms with van der Waals surface area (Å²) >= 11 is 0. The Labute approximate surface area is 180 Å². The number of piperidine rings is 1. The van der Waals surface area contributed by atoms with Crippen LogP contribution < -0.4 is 14.2 Å². The smallest absolute Gasteiger partial charge is 0.254 e. The number of aromatic nitrogens is 2. The number of carbonyl (C=O) groups excluding carboxylic acids is 1. The maximum absolute atomic E-state index is 13.1. The predicted octanol–water partition coefficient (Wildman–Crippen LogP) is 3.78. The van der Waals surface area contributed by atoms with Crippen molar-refractivity contribution in [2.75, 3.05) is 34.4 Å². The largest absolute Gasteiger partial charge is 0.497 e. The van der Waals surface area contributed by atoms with Crippen molar-refractivity contribution in [3.05, 3.63) is 53.9 Å². The first-order chi connectivity index (χ1) is 15.1. The molecule has 0 radical (unpaired) electrons. The van der Waals surface area contributed by atoms with E-state index in [1.165, 1.54) is 0 Å². The van der Waals surface area contributed by atoms with Gasteiger partial charge in [0.2, 0.25) is 11.7 Å². The lowest BCUT2D eigenvalue weighted by molar-refractivity contribution is 0.0695. The van der Waals surface area contributed by atoms with E-state index in [1.807, 2.05) is 29.2 Å². The van der Waals surface area contributed by atoms with Gasteiger partial charge >= 0.3 is 0 Å². The summed E-state index contributed by atoms with van der Waals surface area (Å²) in [6.07, 6.45) is 1.75. The van der Waals surface area contributed by atoms with E-state index < -0.39 is 0 Å².